The van der Waals surface area contributed by atoms with Gasteiger partial charge >= 0.3 is 5.97 Å². The van der Waals surface area contributed by atoms with E-state index in [4.69, 9.17) is 5.11 Å². The summed E-state index contributed by atoms with van der Waals surface area (Å²) in [6.45, 7) is 6.24. The van der Waals surface area contributed by atoms with Gasteiger partial charge in [-0.1, -0.05) is 19.1 Å². The van der Waals surface area contributed by atoms with Crippen molar-refractivity contribution in [3.8, 4) is 0 Å². The molecule has 1 aromatic rings. The number of carbonyl (C=O) groups excluding carboxylic acids is 1. The van der Waals surface area contributed by atoms with E-state index in [1.165, 1.54) is 6.08 Å². The van der Waals surface area contributed by atoms with Gasteiger partial charge in [-0.3, -0.25) is 4.79 Å². The predicted octanol–water partition coefficient (Wildman–Crippen LogP) is 2.11. The fraction of sp³-hybridized carbons (Fsp3) is 0.333. The predicted molar refractivity (Wildman–Crippen MR) is 79.5 cm³/mol. The molecule has 0 aliphatic heterocycles. The van der Waals surface area contributed by atoms with Crippen LogP contribution in [-0.2, 0) is 9.59 Å². The summed E-state index contributed by atoms with van der Waals surface area (Å²) < 4.78 is 0. The standard InChI is InChI=1S/C15H20N2O3/c1-4-16-15(2,3)14(20)17-12-7-5-6-11(10-12)8-9-13(18)19/h5-10,16H,4H2,1-3H3,(H,17,20)(H,18,19)/b9-8+. The highest BCUT2D eigenvalue weighted by atomic mass is 16.4. The average molecular weight is 276 g/mol. The molecule has 1 amide bonds. The van der Waals surface area contributed by atoms with Crippen LogP contribution in [0, 0.1) is 0 Å². The fourth-order valence-electron chi connectivity index (χ4n) is 1.70. The third kappa shape index (κ3) is 4.85. The number of hydrogen-bond donors (Lipinski definition) is 3. The molecule has 0 aliphatic carbocycles. The molecule has 1 aromatic carbocycles. The minimum atomic E-state index is -1.01. The Morgan fingerprint density at radius 2 is 2.05 bits per heavy atom. The number of hydrogen-bond acceptors (Lipinski definition) is 3. The molecule has 0 fully saturated rings. The Labute approximate surface area is 118 Å². The Morgan fingerprint density at radius 1 is 1.35 bits per heavy atom. The van der Waals surface area contributed by atoms with E-state index in [1.54, 1.807) is 38.1 Å². The summed E-state index contributed by atoms with van der Waals surface area (Å²) in [7, 11) is 0. The summed E-state index contributed by atoms with van der Waals surface area (Å²) in [5.74, 6) is -1.15. The number of nitrogens with one attached hydrogen (secondary N) is 2. The zero-order chi connectivity index (χ0) is 15.2. The lowest BCUT2D eigenvalue weighted by Gasteiger charge is -2.24. The first-order chi connectivity index (χ1) is 9.35. The van der Waals surface area contributed by atoms with E-state index in [-0.39, 0.29) is 5.91 Å². The van der Waals surface area contributed by atoms with Gasteiger partial charge in [-0.05, 0) is 44.2 Å². The minimum Gasteiger partial charge on any atom is -0.478 e. The van der Waals surface area contributed by atoms with Gasteiger partial charge in [-0.25, -0.2) is 4.79 Å². The van der Waals surface area contributed by atoms with Gasteiger partial charge in [0.2, 0.25) is 5.91 Å². The lowest BCUT2D eigenvalue weighted by Crippen LogP contribution is -2.49. The molecule has 0 aliphatic rings. The van der Waals surface area contributed by atoms with E-state index >= 15 is 0 Å². The Morgan fingerprint density at radius 3 is 2.65 bits per heavy atom. The molecule has 3 N–H and O–H groups in total. The van der Waals surface area contributed by atoms with Crippen LogP contribution in [0.15, 0.2) is 30.3 Å². The van der Waals surface area contributed by atoms with Crippen LogP contribution in [0.1, 0.15) is 26.3 Å². The lowest BCUT2D eigenvalue weighted by atomic mass is 10.0. The van der Waals surface area contributed by atoms with Gasteiger partial charge in [-0.2, -0.15) is 0 Å². The maximum absolute atomic E-state index is 12.1. The Bertz CT molecular complexity index is 522. The van der Waals surface area contributed by atoms with Crippen molar-refractivity contribution >= 4 is 23.6 Å². The maximum atomic E-state index is 12.1. The van der Waals surface area contributed by atoms with Gasteiger partial charge < -0.3 is 15.7 Å². The number of anilines is 1. The molecule has 1 rings (SSSR count). The number of carboxylic acids is 1. The summed E-state index contributed by atoms with van der Waals surface area (Å²) >= 11 is 0. The van der Waals surface area contributed by atoms with Crippen LogP contribution in [0.2, 0.25) is 0 Å². The molecule has 5 nitrogen and oxygen atoms in total. The monoisotopic (exact) mass is 276 g/mol. The molecular weight excluding hydrogens is 256 g/mol. The van der Waals surface area contributed by atoms with Crippen molar-refractivity contribution in [2.45, 2.75) is 26.3 Å². The van der Waals surface area contributed by atoms with E-state index in [9.17, 15) is 9.59 Å². The first kappa shape index (κ1) is 15.9. The van der Waals surface area contributed by atoms with Crippen LogP contribution in [0.4, 0.5) is 5.69 Å². The normalized spacial score (nSPS) is 11.6. The zero-order valence-corrected chi connectivity index (χ0v) is 11.9. The first-order valence-electron chi connectivity index (χ1n) is 6.42. The van der Waals surface area contributed by atoms with Crippen molar-refractivity contribution in [2.24, 2.45) is 0 Å². The number of benzene rings is 1. The largest absolute Gasteiger partial charge is 0.478 e. The third-order valence-electron chi connectivity index (χ3n) is 2.75. The summed E-state index contributed by atoms with van der Waals surface area (Å²) in [6.07, 6.45) is 2.54. The quantitative estimate of drug-likeness (QED) is 0.695. The van der Waals surface area contributed by atoms with Crippen molar-refractivity contribution < 1.29 is 14.7 Å². The maximum Gasteiger partial charge on any atom is 0.328 e. The molecule has 0 saturated heterocycles. The number of rotatable bonds is 6. The second-order valence-corrected chi connectivity index (χ2v) is 4.91. The topological polar surface area (TPSA) is 78.4 Å². The van der Waals surface area contributed by atoms with Gasteiger partial charge in [0.05, 0.1) is 5.54 Å². The number of aliphatic carboxylic acids is 1. The Balaban J connectivity index is 2.81. The molecule has 0 unspecified atom stereocenters. The highest BCUT2D eigenvalue weighted by Gasteiger charge is 2.25. The van der Waals surface area contributed by atoms with E-state index in [2.05, 4.69) is 10.6 Å². The van der Waals surface area contributed by atoms with Crippen LogP contribution in [0.3, 0.4) is 0 Å². The molecule has 108 valence electrons. The van der Waals surface area contributed by atoms with Gasteiger partial charge in [-0.15, -0.1) is 0 Å². The summed E-state index contributed by atoms with van der Waals surface area (Å²) in [6, 6.07) is 7.01. The molecule has 0 atom stereocenters. The van der Waals surface area contributed by atoms with Crippen LogP contribution >= 0.6 is 0 Å². The van der Waals surface area contributed by atoms with Crippen LogP contribution in [-0.4, -0.2) is 29.1 Å². The van der Waals surface area contributed by atoms with Crippen molar-refractivity contribution in [3.63, 3.8) is 0 Å². The molecule has 0 aromatic heterocycles. The zero-order valence-electron chi connectivity index (χ0n) is 11.9. The second kappa shape index (κ2) is 6.86. The van der Waals surface area contributed by atoms with E-state index < -0.39 is 11.5 Å². The van der Waals surface area contributed by atoms with Crippen LogP contribution < -0.4 is 10.6 Å². The molecule has 0 saturated carbocycles. The molecular formula is C15H20N2O3. The first-order valence-corrected chi connectivity index (χ1v) is 6.42. The third-order valence-corrected chi connectivity index (χ3v) is 2.75. The number of carbonyl (C=O) groups is 2. The van der Waals surface area contributed by atoms with Crippen molar-refractivity contribution in [3.05, 3.63) is 35.9 Å². The van der Waals surface area contributed by atoms with Crippen molar-refractivity contribution in [1.82, 2.24) is 5.32 Å². The summed E-state index contributed by atoms with van der Waals surface area (Å²) in [5.41, 5.74) is 0.682. The van der Waals surface area contributed by atoms with E-state index in [1.807, 2.05) is 6.92 Å². The molecule has 0 heterocycles. The van der Waals surface area contributed by atoms with Gasteiger partial charge in [0, 0.05) is 11.8 Å². The Kier molecular flexibility index (Phi) is 5.46. The van der Waals surface area contributed by atoms with Gasteiger partial charge in [0.25, 0.3) is 0 Å². The number of likely N-dealkylation sites (N-methyl/N-ethyl adjacent to an activating group) is 1. The Hall–Kier alpha value is -2.14. The fourth-order valence-corrected chi connectivity index (χ4v) is 1.70. The minimum absolute atomic E-state index is 0.140. The molecule has 0 bridgehead atoms. The highest BCUT2D eigenvalue weighted by molar-refractivity contribution is 5.97. The van der Waals surface area contributed by atoms with Crippen molar-refractivity contribution in [1.29, 1.82) is 0 Å². The van der Waals surface area contributed by atoms with Crippen LogP contribution in [0.5, 0.6) is 0 Å². The molecule has 0 radical (unpaired) electrons. The molecule has 20 heavy (non-hydrogen) atoms. The second-order valence-electron chi connectivity index (χ2n) is 4.91. The van der Waals surface area contributed by atoms with Gasteiger partial charge in [0.1, 0.15) is 0 Å². The van der Waals surface area contributed by atoms with Crippen molar-refractivity contribution in [2.75, 3.05) is 11.9 Å². The molecule has 5 heteroatoms. The van der Waals surface area contributed by atoms with E-state index in [0.29, 0.717) is 17.8 Å². The number of carboxylic acid groups (broad SMARTS) is 1. The van der Waals surface area contributed by atoms with Gasteiger partial charge in [0.15, 0.2) is 0 Å². The smallest absolute Gasteiger partial charge is 0.328 e. The number of amides is 1. The van der Waals surface area contributed by atoms with E-state index in [0.717, 1.165) is 6.08 Å². The highest BCUT2D eigenvalue weighted by Crippen LogP contribution is 2.14. The molecule has 0 spiro atoms. The van der Waals surface area contributed by atoms with Crippen LogP contribution in [0.25, 0.3) is 6.08 Å². The lowest BCUT2D eigenvalue weighted by molar-refractivity contribution is -0.131. The summed E-state index contributed by atoms with van der Waals surface area (Å²) in [4.78, 5) is 22.6. The summed E-state index contributed by atoms with van der Waals surface area (Å²) in [5, 5.41) is 14.5. The average Bonchev–Trinajstić information content (AvgIpc) is 2.36. The SMILES string of the molecule is CCNC(C)(C)C(=O)Nc1cccc(/C=C/C(=O)O)c1.